The Morgan fingerprint density at radius 1 is 1.41 bits per heavy atom. The van der Waals surface area contributed by atoms with Gasteiger partial charge < -0.3 is 16.6 Å². The highest BCUT2D eigenvalue weighted by molar-refractivity contribution is 5.85. The average molecular weight is 241 g/mol. The molecule has 0 bridgehead atoms. The number of carboxylic acids is 1. The van der Waals surface area contributed by atoms with Crippen LogP contribution < -0.4 is 11.5 Å². The first-order chi connectivity index (χ1) is 8.11. The van der Waals surface area contributed by atoms with Gasteiger partial charge in [-0.2, -0.15) is 0 Å². The van der Waals surface area contributed by atoms with E-state index < -0.39 is 12.0 Å². The van der Waals surface area contributed by atoms with E-state index in [4.69, 9.17) is 16.6 Å². The monoisotopic (exact) mass is 241 g/mol. The molecule has 0 spiro atoms. The minimum Gasteiger partial charge on any atom is -0.480 e. The van der Waals surface area contributed by atoms with Gasteiger partial charge in [-0.05, 0) is 32.2 Å². The van der Waals surface area contributed by atoms with Gasteiger partial charge in [0.05, 0.1) is 5.84 Å². The van der Waals surface area contributed by atoms with Crippen molar-refractivity contribution in [1.82, 2.24) is 0 Å². The van der Waals surface area contributed by atoms with Gasteiger partial charge in [-0.15, -0.1) is 0 Å². The lowest BCUT2D eigenvalue weighted by Crippen LogP contribution is -2.23. The van der Waals surface area contributed by atoms with Crippen molar-refractivity contribution in [3.8, 4) is 0 Å². The topological polar surface area (TPSA) is 102 Å². The van der Waals surface area contributed by atoms with Gasteiger partial charge in [-0.3, -0.25) is 4.99 Å². The number of carbonyl (C=O) groups is 1. The highest BCUT2D eigenvalue weighted by Crippen LogP contribution is 2.05. The molecule has 0 aromatic rings. The molecule has 0 radical (unpaired) electrons. The summed E-state index contributed by atoms with van der Waals surface area (Å²) in [7, 11) is 0. The summed E-state index contributed by atoms with van der Waals surface area (Å²) in [6, 6.07) is -0.739. The first kappa shape index (κ1) is 15.6. The molecule has 0 aliphatic rings. The zero-order valence-corrected chi connectivity index (χ0v) is 10.4. The smallest absolute Gasteiger partial charge is 0.328 e. The fourth-order valence-electron chi connectivity index (χ4n) is 1.35. The molecule has 0 saturated carbocycles. The average Bonchev–Trinajstić information content (AvgIpc) is 2.28. The van der Waals surface area contributed by atoms with E-state index in [1.54, 1.807) is 0 Å². The fourth-order valence-corrected chi connectivity index (χ4v) is 1.35. The SMILES string of the molecule is CCC=CCC(N)=N[C@@H](CCCCN)C(=O)O. The normalized spacial score (nSPS) is 14.1. The van der Waals surface area contributed by atoms with Gasteiger partial charge in [0.2, 0.25) is 0 Å². The third-order valence-electron chi connectivity index (χ3n) is 2.27. The Morgan fingerprint density at radius 2 is 2.12 bits per heavy atom. The Morgan fingerprint density at radius 3 is 2.65 bits per heavy atom. The van der Waals surface area contributed by atoms with Crippen molar-refractivity contribution in [2.24, 2.45) is 16.5 Å². The van der Waals surface area contributed by atoms with Crippen LogP contribution in [0.15, 0.2) is 17.1 Å². The number of unbranched alkanes of at least 4 members (excludes halogenated alkanes) is 1. The lowest BCUT2D eigenvalue weighted by atomic mass is 10.1. The molecule has 5 heteroatoms. The standard InChI is InChI=1S/C12H23N3O2/c1-2-3-4-8-11(14)15-10(12(16)17)7-5-6-9-13/h3-4,10H,2,5-9,13H2,1H3,(H2,14,15)(H,16,17)/t10-/m0/s1. The Hall–Kier alpha value is -1.36. The molecule has 0 aliphatic heterocycles. The number of nitrogens with zero attached hydrogens (tertiary/aromatic N) is 1. The summed E-state index contributed by atoms with van der Waals surface area (Å²) in [5.41, 5.74) is 11.0. The first-order valence-electron chi connectivity index (χ1n) is 6.01. The van der Waals surface area contributed by atoms with Crippen LogP contribution in [0.3, 0.4) is 0 Å². The molecular formula is C12H23N3O2. The molecule has 0 aliphatic carbocycles. The van der Waals surface area contributed by atoms with Crippen molar-refractivity contribution in [3.05, 3.63) is 12.2 Å². The third kappa shape index (κ3) is 8.45. The largest absolute Gasteiger partial charge is 0.480 e. The van der Waals surface area contributed by atoms with Crippen LogP contribution in [-0.2, 0) is 4.79 Å². The second kappa shape index (κ2) is 9.84. The molecular weight excluding hydrogens is 218 g/mol. The number of nitrogens with two attached hydrogens (primary N) is 2. The number of hydrogen-bond acceptors (Lipinski definition) is 3. The lowest BCUT2D eigenvalue weighted by molar-refractivity contribution is -0.138. The van der Waals surface area contributed by atoms with Gasteiger partial charge >= 0.3 is 5.97 Å². The third-order valence-corrected chi connectivity index (χ3v) is 2.27. The van der Waals surface area contributed by atoms with Crippen LogP contribution in [0.5, 0.6) is 0 Å². The molecule has 0 rings (SSSR count). The Kier molecular flexibility index (Phi) is 9.05. The van der Waals surface area contributed by atoms with Crippen molar-refractivity contribution in [3.63, 3.8) is 0 Å². The summed E-state index contributed by atoms with van der Waals surface area (Å²) in [4.78, 5) is 15.0. The fraction of sp³-hybridized carbons (Fsp3) is 0.667. The molecule has 0 amide bonds. The zero-order valence-electron chi connectivity index (χ0n) is 10.4. The molecule has 0 saturated heterocycles. The van der Waals surface area contributed by atoms with Crippen LogP contribution in [0.2, 0.25) is 0 Å². The van der Waals surface area contributed by atoms with E-state index in [0.717, 1.165) is 19.3 Å². The lowest BCUT2D eigenvalue weighted by Gasteiger charge is -2.08. The minimum absolute atomic E-state index is 0.370. The van der Waals surface area contributed by atoms with E-state index in [2.05, 4.69) is 4.99 Å². The van der Waals surface area contributed by atoms with Crippen LogP contribution in [-0.4, -0.2) is 29.5 Å². The second-order valence-corrected chi connectivity index (χ2v) is 3.84. The van der Waals surface area contributed by atoms with Gasteiger partial charge in [0, 0.05) is 6.42 Å². The predicted molar refractivity (Wildman–Crippen MR) is 70.0 cm³/mol. The summed E-state index contributed by atoms with van der Waals surface area (Å²) in [6.45, 7) is 2.60. The maximum atomic E-state index is 10.9. The number of rotatable bonds is 9. The van der Waals surface area contributed by atoms with Crippen molar-refractivity contribution in [2.75, 3.05) is 6.54 Å². The predicted octanol–water partition coefficient (Wildman–Crippen LogP) is 1.28. The Labute approximate surface area is 103 Å². The van der Waals surface area contributed by atoms with Crippen LogP contribution in [0, 0.1) is 0 Å². The summed E-state index contributed by atoms with van der Waals surface area (Å²) < 4.78 is 0. The molecule has 1 atom stereocenters. The van der Waals surface area contributed by atoms with E-state index in [0.29, 0.717) is 25.2 Å². The van der Waals surface area contributed by atoms with E-state index in [1.165, 1.54) is 0 Å². The molecule has 0 aromatic heterocycles. The number of aliphatic imine (C=N–C) groups is 1. The van der Waals surface area contributed by atoms with Crippen molar-refractivity contribution in [1.29, 1.82) is 0 Å². The van der Waals surface area contributed by atoms with Gasteiger partial charge in [0.1, 0.15) is 6.04 Å². The summed E-state index contributed by atoms with van der Waals surface area (Å²) in [5, 5.41) is 8.98. The Bertz CT molecular complexity index is 275. The maximum absolute atomic E-state index is 10.9. The van der Waals surface area contributed by atoms with Crippen LogP contribution in [0.1, 0.15) is 39.0 Å². The van der Waals surface area contributed by atoms with Crippen molar-refractivity contribution < 1.29 is 9.90 Å². The highest BCUT2D eigenvalue weighted by atomic mass is 16.4. The first-order valence-corrected chi connectivity index (χ1v) is 6.01. The molecule has 0 fully saturated rings. The quantitative estimate of drug-likeness (QED) is 0.245. The van der Waals surface area contributed by atoms with Crippen LogP contribution in [0.25, 0.3) is 0 Å². The zero-order chi connectivity index (χ0) is 13.1. The maximum Gasteiger partial charge on any atom is 0.328 e. The van der Waals surface area contributed by atoms with Crippen molar-refractivity contribution >= 4 is 11.8 Å². The van der Waals surface area contributed by atoms with Gasteiger partial charge in [0.25, 0.3) is 0 Å². The van der Waals surface area contributed by atoms with E-state index in [9.17, 15) is 4.79 Å². The highest BCUT2D eigenvalue weighted by Gasteiger charge is 2.15. The molecule has 98 valence electrons. The number of allylic oxidation sites excluding steroid dienone is 1. The Balaban J connectivity index is 4.25. The number of hydrogen-bond donors (Lipinski definition) is 3. The molecule has 5 N–H and O–H groups in total. The molecule has 5 nitrogen and oxygen atoms in total. The van der Waals surface area contributed by atoms with E-state index in [1.807, 2.05) is 19.1 Å². The molecule has 17 heavy (non-hydrogen) atoms. The van der Waals surface area contributed by atoms with Gasteiger partial charge in [-0.25, -0.2) is 4.79 Å². The minimum atomic E-state index is -0.926. The van der Waals surface area contributed by atoms with Crippen LogP contribution >= 0.6 is 0 Å². The van der Waals surface area contributed by atoms with Crippen molar-refractivity contribution in [2.45, 2.75) is 45.1 Å². The number of aliphatic carboxylic acids is 1. The number of carboxylic acid groups (broad SMARTS) is 1. The number of amidine groups is 1. The second-order valence-electron chi connectivity index (χ2n) is 3.84. The molecule has 0 unspecified atom stereocenters. The van der Waals surface area contributed by atoms with Crippen LogP contribution in [0.4, 0.5) is 0 Å². The summed E-state index contributed by atoms with van der Waals surface area (Å²) in [5.74, 6) is -0.556. The summed E-state index contributed by atoms with van der Waals surface area (Å²) >= 11 is 0. The molecule has 0 heterocycles. The van der Waals surface area contributed by atoms with E-state index in [-0.39, 0.29) is 0 Å². The van der Waals surface area contributed by atoms with Gasteiger partial charge in [0.15, 0.2) is 0 Å². The van der Waals surface area contributed by atoms with Gasteiger partial charge in [-0.1, -0.05) is 19.1 Å². The summed E-state index contributed by atoms with van der Waals surface area (Å²) in [6.07, 6.45) is 7.39. The van der Waals surface area contributed by atoms with E-state index >= 15 is 0 Å². The molecule has 0 aromatic carbocycles.